The Morgan fingerprint density at radius 3 is 2.12 bits per heavy atom. The highest BCUT2D eigenvalue weighted by Crippen LogP contribution is 2.24. The quantitative estimate of drug-likeness (QED) is 0.380. The Labute approximate surface area is 220 Å². The van der Waals surface area contributed by atoms with Crippen molar-refractivity contribution in [2.75, 3.05) is 26.2 Å². The molecule has 1 heterocycles. The second-order valence-electron chi connectivity index (χ2n) is 8.16. The van der Waals surface area contributed by atoms with E-state index in [1.54, 1.807) is 17.0 Å². The highest BCUT2D eigenvalue weighted by atomic mass is 35.5. The molecular formula is C25H27Cl4N3O2. The molecule has 3 rings (SSSR count). The average molecular weight is 543 g/mol. The predicted octanol–water partition coefficient (Wildman–Crippen LogP) is 5.90. The van der Waals surface area contributed by atoms with Gasteiger partial charge >= 0.3 is 0 Å². The molecule has 1 fully saturated rings. The molecule has 2 aromatic carbocycles. The molecule has 1 N–H and O–H groups in total. The number of hydrogen-bond acceptors (Lipinski definition) is 3. The highest BCUT2D eigenvalue weighted by molar-refractivity contribution is 6.45. The van der Waals surface area contributed by atoms with E-state index in [4.69, 9.17) is 46.4 Å². The molecule has 1 atom stereocenters. The molecule has 0 aromatic heterocycles. The van der Waals surface area contributed by atoms with Gasteiger partial charge in [0.2, 0.25) is 5.91 Å². The van der Waals surface area contributed by atoms with Gasteiger partial charge in [-0.1, -0.05) is 58.5 Å². The molecule has 0 saturated carbocycles. The number of aryl methyl sites for hydroxylation is 2. The summed E-state index contributed by atoms with van der Waals surface area (Å²) in [5, 5.41) is 5.04. The van der Waals surface area contributed by atoms with E-state index in [0.717, 1.165) is 36.8 Å². The van der Waals surface area contributed by atoms with Crippen molar-refractivity contribution in [3.8, 4) is 0 Å². The van der Waals surface area contributed by atoms with E-state index >= 15 is 0 Å². The monoisotopic (exact) mass is 541 g/mol. The number of benzene rings is 2. The number of aliphatic imine (C=N–C) groups is 1. The smallest absolute Gasteiger partial charge is 0.268 e. The Hall–Kier alpha value is -1.79. The minimum atomic E-state index is -0.553. The van der Waals surface area contributed by atoms with Crippen molar-refractivity contribution in [3.05, 3.63) is 67.6 Å². The Morgan fingerprint density at radius 2 is 1.56 bits per heavy atom. The maximum Gasteiger partial charge on any atom is 0.268 e. The summed E-state index contributed by atoms with van der Waals surface area (Å²) < 4.78 is 0. The first-order chi connectivity index (χ1) is 16.3. The summed E-state index contributed by atoms with van der Waals surface area (Å²) in [6.07, 6.45) is 3.00. The molecule has 1 saturated heterocycles. The third kappa shape index (κ3) is 7.11. The summed E-state index contributed by atoms with van der Waals surface area (Å²) in [6, 6.07) is 11.1. The van der Waals surface area contributed by atoms with Crippen LogP contribution in [-0.4, -0.2) is 48.6 Å². The van der Waals surface area contributed by atoms with E-state index in [1.165, 1.54) is 0 Å². The third-order valence-corrected chi connectivity index (χ3v) is 7.23. The van der Waals surface area contributed by atoms with Gasteiger partial charge in [-0.05, 0) is 68.0 Å². The molecule has 0 radical (unpaired) electrons. The Kier molecular flexibility index (Phi) is 10.1. The van der Waals surface area contributed by atoms with Crippen LogP contribution in [-0.2, 0) is 22.4 Å². The number of carbonyl (C=O) groups excluding carboxylic acids is 2. The van der Waals surface area contributed by atoms with Crippen LogP contribution in [0.25, 0.3) is 0 Å². The maximum atomic E-state index is 12.9. The number of carbonyl (C=O) groups is 2. The zero-order valence-electron chi connectivity index (χ0n) is 18.9. The van der Waals surface area contributed by atoms with Crippen LogP contribution in [0.5, 0.6) is 0 Å². The van der Waals surface area contributed by atoms with E-state index in [9.17, 15) is 9.59 Å². The largest absolute Gasteiger partial charge is 0.355 e. The molecule has 1 aliphatic heterocycles. The average Bonchev–Trinajstić information content (AvgIpc) is 3.14. The zero-order valence-corrected chi connectivity index (χ0v) is 21.9. The fourth-order valence-corrected chi connectivity index (χ4v) is 4.50. The molecule has 0 bridgehead atoms. The number of rotatable bonds is 10. The topological polar surface area (TPSA) is 61.8 Å². The standard InChI is InChI=1S/C25H27Cl4N3O2/c1-2-32-15-18(24(33)31-12-4-6-17-8-10-20(27)22(29)14-17)23(25(32)34)30-11-3-5-16-7-9-19(26)21(28)13-16/h7-10,13-14,18H,2-6,11-12,15H2,1H3,(H,31,33). The van der Waals surface area contributed by atoms with Crippen LogP contribution in [0.3, 0.4) is 0 Å². The van der Waals surface area contributed by atoms with Gasteiger partial charge in [0.1, 0.15) is 11.6 Å². The second-order valence-corrected chi connectivity index (χ2v) is 9.79. The van der Waals surface area contributed by atoms with E-state index in [0.29, 0.717) is 52.0 Å². The van der Waals surface area contributed by atoms with Gasteiger partial charge in [0.05, 0.1) is 20.1 Å². The van der Waals surface area contributed by atoms with Gasteiger partial charge in [-0.15, -0.1) is 0 Å². The van der Waals surface area contributed by atoms with Gasteiger partial charge in [0, 0.05) is 26.2 Å². The Bertz CT molecular complexity index is 1070. The minimum absolute atomic E-state index is 0.159. The van der Waals surface area contributed by atoms with Gasteiger partial charge < -0.3 is 10.2 Å². The highest BCUT2D eigenvalue weighted by Gasteiger charge is 2.40. The predicted molar refractivity (Wildman–Crippen MR) is 141 cm³/mol. The van der Waals surface area contributed by atoms with Gasteiger partial charge in [0.25, 0.3) is 5.91 Å². The van der Waals surface area contributed by atoms with Crippen molar-refractivity contribution in [2.24, 2.45) is 10.9 Å². The number of nitrogens with zero attached hydrogens (tertiary/aromatic N) is 2. The van der Waals surface area contributed by atoms with E-state index < -0.39 is 5.92 Å². The molecule has 0 aliphatic carbocycles. The lowest BCUT2D eigenvalue weighted by Crippen LogP contribution is -2.36. The number of hydrogen-bond donors (Lipinski definition) is 1. The summed E-state index contributed by atoms with van der Waals surface area (Å²) in [5.41, 5.74) is 2.46. The summed E-state index contributed by atoms with van der Waals surface area (Å²) >= 11 is 24.0. The van der Waals surface area contributed by atoms with Gasteiger partial charge in [-0.25, -0.2) is 0 Å². The normalized spacial score (nSPS) is 17.0. The third-order valence-electron chi connectivity index (χ3n) is 5.75. The summed E-state index contributed by atoms with van der Waals surface area (Å²) in [5.74, 6) is -0.878. The number of halogens is 4. The van der Waals surface area contributed by atoms with Crippen LogP contribution in [0.1, 0.15) is 30.9 Å². The molecule has 182 valence electrons. The van der Waals surface area contributed by atoms with Crippen LogP contribution in [0.15, 0.2) is 41.4 Å². The molecular weight excluding hydrogens is 516 g/mol. The lowest BCUT2D eigenvalue weighted by molar-refractivity contribution is -0.123. The maximum absolute atomic E-state index is 12.9. The number of amides is 2. The fourth-order valence-electron chi connectivity index (χ4n) is 3.86. The van der Waals surface area contributed by atoms with Crippen molar-refractivity contribution in [2.45, 2.75) is 32.6 Å². The first-order valence-corrected chi connectivity index (χ1v) is 12.8. The van der Waals surface area contributed by atoms with E-state index in [-0.39, 0.29) is 11.8 Å². The van der Waals surface area contributed by atoms with Crippen LogP contribution in [0.4, 0.5) is 0 Å². The zero-order chi connectivity index (χ0) is 24.7. The molecule has 1 aliphatic rings. The van der Waals surface area contributed by atoms with Crippen molar-refractivity contribution >= 4 is 63.9 Å². The second kappa shape index (κ2) is 12.8. The van der Waals surface area contributed by atoms with Gasteiger partial charge in [-0.2, -0.15) is 0 Å². The lowest BCUT2D eigenvalue weighted by Gasteiger charge is -2.13. The van der Waals surface area contributed by atoms with Crippen molar-refractivity contribution in [1.82, 2.24) is 10.2 Å². The van der Waals surface area contributed by atoms with Crippen molar-refractivity contribution in [3.63, 3.8) is 0 Å². The summed E-state index contributed by atoms with van der Waals surface area (Å²) in [6.45, 7) is 3.76. The van der Waals surface area contributed by atoms with Crippen molar-refractivity contribution in [1.29, 1.82) is 0 Å². The molecule has 5 nitrogen and oxygen atoms in total. The molecule has 1 unspecified atom stereocenters. The Balaban J connectivity index is 1.52. The number of nitrogens with one attached hydrogen (secondary N) is 1. The molecule has 34 heavy (non-hydrogen) atoms. The first-order valence-electron chi connectivity index (χ1n) is 11.3. The summed E-state index contributed by atoms with van der Waals surface area (Å²) in [4.78, 5) is 31.8. The molecule has 2 amide bonds. The Morgan fingerprint density at radius 1 is 0.971 bits per heavy atom. The molecule has 9 heteroatoms. The SMILES string of the molecule is CCN1CC(C(=O)NCCCc2ccc(Cl)c(Cl)c2)C(=NCCCc2ccc(Cl)c(Cl)c2)C1=O. The lowest BCUT2D eigenvalue weighted by atomic mass is 10.0. The van der Waals surface area contributed by atoms with Gasteiger partial charge in [0.15, 0.2) is 0 Å². The first kappa shape index (κ1) is 26.8. The van der Waals surface area contributed by atoms with Crippen molar-refractivity contribution < 1.29 is 9.59 Å². The van der Waals surface area contributed by atoms with E-state index in [1.807, 2.05) is 31.2 Å². The molecule has 0 spiro atoms. The van der Waals surface area contributed by atoms with Crippen LogP contribution in [0, 0.1) is 5.92 Å². The molecule has 2 aromatic rings. The van der Waals surface area contributed by atoms with Crippen LogP contribution in [0.2, 0.25) is 20.1 Å². The fraction of sp³-hybridized carbons (Fsp3) is 0.400. The van der Waals surface area contributed by atoms with Gasteiger partial charge in [-0.3, -0.25) is 14.6 Å². The number of likely N-dealkylation sites (tertiary alicyclic amines) is 1. The minimum Gasteiger partial charge on any atom is -0.355 e. The summed E-state index contributed by atoms with van der Waals surface area (Å²) in [7, 11) is 0. The van der Waals surface area contributed by atoms with Crippen LogP contribution >= 0.6 is 46.4 Å². The van der Waals surface area contributed by atoms with E-state index in [2.05, 4.69) is 10.3 Å². The van der Waals surface area contributed by atoms with Crippen LogP contribution < -0.4 is 5.32 Å².